The average Bonchev–Trinajstić information content (AvgIpc) is 2.34. The van der Waals surface area contributed by atoms with E-state index in [2.05, 4.69) is 25.7 Å². The lowest BCUT2D eigenvalue weighted by molar-refractivity contribution is -0.137. The molecule has 0 atom stereocenters. The molecule has 0 aromatic rings. The van der Waals surface area contributed by atoms with Gasteiger partial charge in [0.15, 0.2) is 0 Å². The largest absolute Gasteiger partial charge is 0.481 e. The number of rotatable bonds is 7. The van der Waals surface area contributed by atoms with Crippen molar-refractivity contribution in [2.24, 2.45) is 5.92 Å². The van der Waals surface area contributed by atoms with E-state index in [1.807, 2.05) is 0 Å². The van der Waals surface area contributed by atoms with Crippen molar-refractivity contribution < 1.29 is 9.90 Å². The van der Waals surface area contributed by atoms with Gasteiger partial charge in [0, 0.05) is 18.5 Å². The molecule has 0 heterocycles. The van der Waals surface area contributed by atoms with Crippen molar-refractivity contribution in [3.8, 4) is 0 Å². The van der Waals surface area contributed by atoms with Gasteiger partial charge < -0.3 is 5.11 Å². The smallest absolute Gasteiger partial charge is 0.303 e. The first-order valence-electron chi connectivity index (χ1n) is 7.52. The van der Waals surface area contributed by atoms with E-state index in [9.17, 15) is 4.79 Å². The van der Waals surface area contributed by atoms with Gasteiger partial charge in [0.2, 0.25) is 0 Å². The summed E-state index contributed by atoms with van der Waals surface area (Å²) >= 11 is 0. The molecule has 0 radical (unpaired) electrons. The lowest BCUT2D eigenvalue weighted by atomic mass is 9.83. The molecule has 1 saturated carbocycles. The Morgan fingerprint density at radius 3 is 2.33 bits per heavy atom. The highest BCUT2D eigenvalue weighted by Gasteiger charge is 2.26. The Morgan fingerprint density at radius 1 is 1.28 bits per heavy atom. The van der Waals surface area contributed by atoms with E-state index in [1.54, 1.807) is 0 Å². The van der Waals surface area contributed by atoms with Crippen LogP contribution in [0, 0.1) is 5.92 Å². The number of aliphatic carboxylic acids is 1. The summed E-state index contributed by atoms with van der Waals surface area (Å²) in [5.74, 6) is 0.252. The van der Waals surface area contributed by atoms with Crippen LogP contribution in [0.25, 0.3) is 0 Å². The Hall–Kier alpha value is -0.570. The highest BCUT2D eigenvalue weighted by Crippen LogP contribution is 2.30. The predicted octanol–water partition coefficient (Wildman–Crippen LogP) is 3.53. The normalized spacial score (nSPS) is 24.7. The number of hydrogen-bond donors (Lipinski definition) is 1. The zero-order valence-corrected chi connectivity index (χ0v) is 12.2. The Kier molecular flexibility index (Phi) is 6.69. The summed E-state index contributed by atoms with van der Waals surface area (Å²) in [6, 6.07) is 1.21. The molecule has 1 fully saturated rings. The first kappa shape index (κ1) is 15.5. The van der Waals surface area contributed by atoms with E-state index < -0.39 is 5.97 Å². The van der Waals surface area contributed by atoms with Gasteiger partial charge in [0.1, 0.15) is 0 Å². The fourth-order valence-corrected chi connectivity index (χ4v) is 3.16. The summed E-state index contributed by atoms with van der Waals surface area (Å²) in [5.41, 5.74) is 0. The lowest BCUT2D eigenvalue weighted by Gasteiger charge is -2.39. The van der Waals surface area contributed by atoms with E-state index in [0.29, 0.717) is 18.5 Å². The monoisotopic (exact) mass is 255 g/mol. The van der Waals surface area contributed by atoms with Crippen LogP contribution in [0.15, 0.2) is 0 Å². The maximum absolute atomic E-state index is 10.6. The minimum Gasteiger partial charge on any atom is -0.481 e. The van der Waals surface area contributed by atoms with Crippen LogP contribution in [0.4, 0.5) is 0 Å². The van der Waals surface area contributed by atoms with Crippen LogP contribution >= 0.6 is 0 Å². The minimum atomic E-state index is -0.673. The molecular formula is C15H29NO2. The maximum atomic E-state index is 10.6. The van der Waals surface area contributed by atoms with Crippen LogP contribution in [0.5, 0.6) is 0 Å². The first-order valence-corrected chi connectivity index (χ1v) is 7.52. The van der Waals surface area contributed by atoms with E-state index in [0.717, 1.165) is 18.9 Å². The molecule has 1 aliphatic rings. The second-order valence-electron chi connectivity index (χ2n) is 5.91. The second kappa shape index (κ2) is 7.78. The average molecular weight is 255 g/mol. The first-order chi connectivity index (χ1) is 8.54. The highest BCUT2D eigenvalue weighted by atomic mass is 16.4. The van der Waals surface area contributed by atoms with Gasteiger partial charge in [0.25, 0.3) is 0 Å². The van der Waals surface area contributed by atoms with Crippen LogP contribution in [0.3, 0.4) is 0 Å². The van der Waals surface area contributed by atoms with E-state index in [4.69, 9.17) is 5.11 Å². The second-order valence-corrected chi connectivity index (χ2v) is 5.91. The summed E-state index contributed by atoms with van der Waals surface area (Å²) in [6.45, 7) is 7.68. The predicted molar refractivity (Wildman–Crippen MR) is 74.7 cm³/mol. The zero-order valence-electron chi connectivity index (χ0n) is 12.2. The Morgan fingerprint density at radius 2 is 1.89 bits per heavy atom. The van der Waals surface area contributed by atoms with Crippen LogP contribution in [-0.4, -0.2) is 34.6 Å². The van der Waals surface area contributed by atoms with Crippen molar-refractivity contribution in [2.45, 2.75) is 77.8 Å². The fraction of sp³-hybridized carbons (Fsp3) is 0.933. The molecule has 0 spiro atoms. The van der Waals surface area contributed by atoms with Gasteiger partial charge in [-0.05, 0) is 58.4 Å². The van der Waals surface area contributed by atoms with Gasteiger partial charge in [-0.3, -0.25) is 9.69 Å². The summed E-state index contributed by atoms with van der Waals surface area (Å²) in [5, 5.41) is 8.72. The van der Waals surface area contributed by atoms with Crippen molar-refractivity contribution in [2.75, 3.05) is 6.54 Å². The lowest BCUT2D eigenvalue weighted by Crippen LogP contribution is -2.43. The fourth-order valence-electron chi connectivity index (χ4n) is 3.16. The SMILES string of the molecule is CCC1CCC(N(CCCC(=O)O)C(C)C)CC1. The number of carboxylic acids is 1. The Labute approximate surface area is 112 Å². The van der Waals surface area contributed by atoms with Crippen molar-refractivity contribution in [3.63, 3.8) is 0 Å². The Balaban J connectivity index is 2.39. The number of hydrogen-bond acceptors (Lipinski definition) is 2. The van der Waals surface area contributed by atoms with Gasteiger partial charge in [-0.15, -0.1) is 0 Å². The topological polar surface area (TPSA) is 40.5 Å². The van der Waals surface area contributed by atoms with Gasteiger partial charge in [-0.1, -0.05) is 13.3 Å². The molecule has 18 heavy (non-hydrogen) atoms. The third-order valence-electron chi connectivity index (χ3n) is 4.33. The molecule has 0 bridgehead atoms. The summed E-state index contributed by atoms with van der Waals surface area (Å²) in [7, 11) is 0. The van der Waals surface area contributed by atoms with Crippen molar-refractivity contribution >= 4 is 5.97 Å². The molecule has 1 aliphatic carbocycles. The molecule has 0 amide bonds. The molecule has 3 nitrogen and oxygen atoms in total. The molecule has 0 aromatic heterocycles. The van der Waals surface area contributed by atoms with Crippen LogP contribution < -0.4 is 0 Å². The van der Waals surface area contributed by atoms with Gasteiger partial charge in [0.05, 0.1) is 0 Å². The van der Waals surface area contributed by atoms with Crippen molar-refractivity contribution in [3.05, 3.63) is 0 Å². The molecule has 3 heteroatoms. The van der Waals surface area contributed by atoms with Gasteiger partial charge in [-0.2, -0.15) is 0 Å². The van der Waals surface area contributed by atoms with Gasteiger partial charge in [-0.25, -0.2) is 0 Å². The molecule has 106 valence electrons. The zero-order chi connectivity index (χ0) is 13.5. The van der Waals surface area contributed by atoms with Crippen LogP contribution in [-0.2, 0) is 4.79 Å². The van der Waals surface area contributed by atoms with Crippen molar-refractivity contribution in [1.29, 1.82) is 0 Å². The summed E-state index contributed by atoms with van der Waals surface area (Å²) < 4.78 is 0. The Bertz CT molecular complexity index is 245. The maximum Gasteiger partial charge on any atom is 0.303 e. The minimum absolute atomic E-state index is 0.299. The third kappa shape index (κ3) is 4.97. The molecule has 0 aromatic carbocycles. The van der Waals surface area contributed by atoms with E-state index in [1.165, 1.54) is 32.1 Å². The van der Waals surface area contributed by atoms with Crippen LogP contribution in [0.2, 0.25) is 0 Å². The third-order valence-corrected chi connectivity index (χ3v) is 4.33. The van der Waals surface area contributed by atoms with E-state index >= 15 is 0 Å². The summed E-state index contributed by atoms with van der Waals surface area (Å²) in [4.78, 5) is 13.1. The highest BCUT2D eigenvalue weighted by molar-refractivity contribution is 5.66. The molecule has 1 rings (SSSR count). The number of carboxylic acid groups (broad SMARTS) is 1. The summed E-state index contributed by atoms with van der Waals surface area (Å²) in [6.07, 6.45) is 7.68. The molecule has 0 saturated heterocycles. The standard InChI is InChI=1S/C15H29NO2/c1-4-13-7-9-14(10-8-13)16(12(2)3)11-5-6-15(17)18/h12-14H,4-11H2,1-3H3,(H,17,18). The molecular weight excluding hydrogens is 226 g/mol. The molecule has 0 unspecified atom stereocenters. The number of nitrogens with zero attached hydrogens (tertiary/aromatic N) is 1. The van der Waals surface area contributed by atoms with Crippen LogP contribution in [0.1, 0.15) is 65.7 Å². The number of carbonyl (C=O) groups is 1. The van der Waals surface area contributed by atoms with Gasteiger partial charge >= 0.3 is 5.97 Å². The molecule has 1 N–H and O–H groups in total. The van der Waals surface area contributed by atoms with E-state index in [-0.39, 0.29) is 0 Å². The quantitative estimate of drug-likeness (QED) is 0.756. The molecule has 0 aliphatic heterocycles. The van der Waals surface area contributed by atoms with Crippen molar-refractivity contribution in [1.82, 2.24) is 4.90 Å².